The number of hydrogen-bond donors (Lipinski definition) is 1. The molecule has 0 amide bonds. The minimum Gasteiger partial charge on any atom is -0.444 e. The maximum Gasteiger partial charge on any atom is 0.204 e. The SMILES string of the molecule is C[C@@]12COC[C@]1(C)CN(C1CCC(Nc3ncc4oc(C#N)cc4c3Br)CC1)C2. The summed E-state index contributed by atoms with van der Waals surface area (Å²) in [4.78, 5) is 7.25. The number of ether oxygens (including phenoxy) is 1. The normalized spacial score (nSPS) is 35.0. The maximum atomic E-state index is 9.05. The molecular weight excluding hydrogens is 432 g/mol. The molecule has 2 aromatic heterocycles. The third-order valence-corrected chi connectivity index (χ3v) is 8.39. The van der Waals surface area contributed by atoms with E-state index in [9.17, 15) is 0 Å². The van der Waals surface area contributed by atoms with E-state index in [4.69, 9.17) is 14.4 Å². The van der Waals surface area contributed by atoms with Gasteiger partial charge in [-0.1, -0.05) is 13.8 Å². The van der Waals surface area contributed by atoms with Gasteiger partial charge in [0.2, 0.25) is 5.76 Å². The fourth-order valence-electron chi connectivity index (χ4n) is 5.45. The number of furan rings is 1. The van der Waals surface area contributed by atoms with E-state index in [-0.39, 0.29) is 0 Å². The van der Waals surface area contributed by atoms with Gasteiger partial charge in [-0.05, 0) is 41.6 Å². The van der Waals surface area contributed by atoms with Crippen LogP contribution in [0.5, 0.6) is 0 Å². The fourth-order valence-corrected chi connectivity index (χ4v) is 5.97. The minimum atomic E-state index is 0.305. The van der Waals surface area contributed by atoms with Crippen LogP contribution in [0.15, 0.2) is 21.2 Å². The summed E-state index contributed by atoms with van der Waals surface area (Å²) in [6.07, 6.45) is 6.42. The van der Waals surface area contributed by atoms with Crippen molar-refractivity contribution in [3.05, 3.63) is 22.5 Å². The first kappa shape index (κ1) is 19.3. The van der Waals surface area contributed by atoms with Crippen molar-refractivity contribution >= 4 is 32.7 Å². The Balaban J connectivity index is 1.22. The summed E-state index contributed by atoms with van der Waals surface area (Å²) >= 11 is 3.64. The molecule has 2 atom stereocenters. The van der Waals surface area contributed by atoms with Crippen LogP contribution in [0.3, 0.4) is 0 Å². The highest BCUT2D eigenvalue weighted by Crippen LogP contribution is 2.51. The number of anilines is 1. The smallest absolute Gasteiger partial charge is 0.204 e. The number of halogens is 1. The average molecular weight is 459 g/mol. The van der Waals surface area contributed by atoms with Crippen molar-refractivity contribution in [3.63, 3.8) is 0 Å². The Kier molecular flexibility index (Phi) is 4.65. The highest BCUT2D eigenvalue weighted by molar-refractivity contribution is 9.10. The molecule has 3 fully saturated rings. The molecule has 1 aliphatic carbocycles. The molecule has 0 radical (unpaired) electrons. The van der Waals surface area contributed by atoms with Crippen LogP contribution in [-0.4, -0.2) is 48.3 Å². The Morgan fingerprint density at radius 1 is 1.21 bits per heavy atom. The van der Waals surface area contributed by atoms with E-state index in [0.717, 1.165) is 54.8 Å². The molecule has 3 aliphatic rings. The number of pyridine rings is 1. The van der Waals surface area contributed by atoms with E-state index in [1.165, 1.54) is 12.8 Å². The summed E-state index contributed by atoms with van der Waals surface area (Å²) in [6, 6.07) is 4.91. The Bertz CT molecular complexity index is 959. The van der Waals surface area contributed by atoms with Gasteiger partial charge in [-0.2, -0.15) is 5.26 Å². The Morgan fingerprint density at radius 2 is 1.90 bits per heavy atom. The second kappa shape index (κ2) is 6.97. The molecule has 1 saturated carbocycles. The second-order valence-electron chi connectivity index (χ2n) is 9.59. The molecule has 4 heterocycles. The third-order valence-electron chi connectivity index (χ3n) is 7.58. The van der Waals surface area contributed by atoms with Crippen LogP contribution in [-0.2, 0) is 4.74 Å². The van der Waals surface area contributed by atoms with Gasteiger partial charge in [-0.3, -0.25) is 4.90 Å². The van der Waals surface area contributed by atoms with Crippen molar-refractivity contribution in [1.29, 1.82) is 5.26 Å². The number of likely N-dealkylation sites (tertiary alicyclic amines) is 1. The van der Waals surface area contributed by atoms with Crippen LogP contribution < -0.4 is 5.32 Å². The summed E-state index contributed by atoms with van der Waals surface area (Å²) in [5.41, 5.74) is 1.24. The number of nitriles is 1. The maximum absolute atomic E-state index is 9.05. The highest BCUT2D eigenvalue weighted by Gasteiger charge is 2.56. The van der Waals surface area contributed by atoms with Gasteiger partial charge in [-0.25, -0.2) is 4.98 Å². The van der Waals surface area contributed by atoms with Gasteiger partial charge in [0.1, 0.15) is 11.9 Å². The largest absolute Gasteiger partial charge is 0.444 e. The van der Waals surface area contributed by atoms with Crippen molar-refractivity contribution < 1.29 is 9.15 Å². The molecular formula is C22H27BrN4O2. The Labute approximate surface area is 179 Å². The van der Waals surface area contributed by atoms with Crippen LogP contribution in [0.4, 0.5) is 5.82 Å². The molecule has 2 aliphatic heterocycles. The molecule has 1 N–H and O–H groups in total. The van der Waals surface area contributed by atoms with Crippen LogP contribution in [0, 0.1) is 22.2 Å². The summed E-state index contributed by atoms with van der Waals surface area (Å²) < 4.78 is 12.2. The lowest BCUT2D eigenvalue weighted by Crippen LogP contribution is -2.41. The number of nitrogens with zero attached hydrogens (tertiary/aromatic N) is 3. The highest BCUT2D eigenvalue weighted by atomic mass is 79.9. The predicted molar refractivity (Wildman–Crippen MR) is 115 cm³/mol. The first-order chi connectivity index (χ1) is 13.9. The number of rotatable bonds is 3. The molecule has 0 bridgehead atoms. The van der Waals surface area contributed by atoms with Crippen molar-refractivity contribution in [3.8, 4) is 6.07 Å². The Hall–Kier alpha value is -1.62. The molecule has 7 heteroatoms. The molecule has 154 valence electrons. The summed E-state index contributed by atoms with van der Waals surface area (Å²) in [5.74, 6) is 1.14. The van der Waals surface area contributed by atoms with Crippen LogP contribution in [0.1, 0.15) is 45.3 Å². The lowest BCUT2D eigenvalue weighted by molar-refractivity contribution is 0.102. The molecule has 29 heavy (non-hydrogen) atoms. The van der Waals surface area contributed by atoms with Gasteiger partial charge in [0.25, 0.3) is 0 Å². The monoisotopic (exact) mass is 458 g/mol. The Morgan fingerprint density at radius 3 is 2.55 bits per heavy atom. The summed E-state index contributed by atoms with van der Waals surface area (Å²) in [6.45, 7) is 8.94. The van der Waals surface area contributed by atoms with Gasteiger partial charge in [0, 0.05) is 47.5 Å². The van der Waals surface area contributed by atoms with Gasteiger partial charge >= 0.3 is 0 Å². The van der Waals surface area contributed by atoms with Crippen molar-refractivity contribution in [1.82, 2.24) is 9.88 Å². The molecule has 2 aromatic rings. The van der Waals surface area contributed by atoms with Gasteiger partial charge in [-0.15, -0.1) is 0 Å². The quantitative estimate of drug-likeness (QED) is 0.727. The lowest BCUT2D eigenvalue weighted by atomic mass is 9.71. The predicted octanol–water partition coefficient (Wildman–Crippen LogP) is 4.54. The molecule has 6 nitrogen and oxygen atoms in total. The zero-order chi connectivity index (χ0) is 20.2. The number of nitrogens with one attached hydrogen (secondary N) is 1. The number of fused-ring (bicyclic) bond motifs is 2. The van der Waals surface area contributed by atoms with E-state index in [1.807, 2.05) is 6.07 Å². The van der Waals surface area contributed by atoms with Gasteiger partial charge in [0.15, 0.2) is 5.58 Å². The number of aromatic nitrogens is 1. The van der Waals surface area contributed by atoms with E-state index in [1.54, 1.807) is 12.3 Å². The van der Waals surface area contributed by atoms with Crippen molar-refractivity contribution in [2.75, 3.05) is 31.6 Å². The van der Waals surface area contributed by atoms with E-state index >= 15 is 0 Å². The fraction of sp³-hybridized carbons (Fsp3) is 0.636. The standard InChI is InChI=1S/C22H27BrN4O2/c1-21-10-27(11-22(21,2)13-28-12-21)15-5-3-14(4-6-15)26-20-19(23)17-7-16(8-24)29-18(17)9-25-20/h7,9,14-15H,3-6,10-13H2,1-2H3,(H,25,26)/t14?,15?,21-,22+. The molecule has 2 saturated heterocycles. The number of hydrogen-bond acceptors (Lipinski definition) is 6. The zero-order valence-corrected chi connectivity index (χ0v) is 18.6. The van der Waals surface area contributed by atoms with Crippen LogP contribution in [0.2, 0.25) is 0 Å². The zero-order valence-electron chi connectivity index (χ0n) is 17.0. The molecule has 0 spiro atoms. The van der Waals surface area contributed by atoms with Gasteiger partial charge in [0.05, 0.1) is 23.9 Å². The molecule has 0 aromatic carbocycles. The average Bonchev–Trinajstić information content (AvgIpc) is 3.32. The first-order valence-corrected chi connectivity index (χ1v) is 11.3. The van der Waals surface area contributed by atoms with Crippen molar-refractivity contribution in [2.45, 2.75) is 51.6 Å². The van der Waals surface area contributed by atoms with E-state index in [2.05, 4.69) is 45.0 Å². The van der Waals surface area contributed by atoms with Crippen molar-refractivity contribution in [2.24, 2.45) is 10.8 Å². The minimum absolute atomic E-state index is 0.305. The van der Waals surface area contributed by atoms with Crippen LogP contribution in [0.25, 0.3) is 11.0 Å². The topological polar surface area (TPSA) is 74.3 Å². The van der Waals surface area contributed by atoms with E-state index in [0.29, 0.717) is 34.3 Å². The lowest BCUT2D eigenvalue weighted by Gasteiger charge is -2.36. The molecule has 5 rings (SSSR count). The first-order valence-electron chi connectivity index (χ1n) is 10.5. The summed E-state index contributed by atoms with van der Waals surface area (Å²) in [5, 5.41) is 13.6. The third kappa shape index (κ3) is 3.17. The summed E-state index contributed by atoms with van der Waals surface area (Å²) in [7, 11) is 0. The molecule has 0 unspecified atom stereocenters. The van der Waals surface area contributed by atoms with Gasteiger partial charge < -0.3 is 14.5 Å². The van der Waals surface area contributed by atoms with Crippen LogP contribution >= 0.6 is 15.9 Å². The second-order valence-corrected chi connectivity index (χ2v) is 10.4. The van der Waals surface area contributed by atoms with E-state index < -0.39 is 0 Å².